The normalized spacial score (nSPS) is 12.7. The van der Waals surface area contributed by atoms with Crippen molar-refractivity contribution in [3.05, 3.63) is 139 Å². The van der Waals surface area contributed by atoms with E-state index in [0.29, 0.717) is 11.1 Å². The SMILES string of the molecule is CSc1ccc(/C=C2/C(C)=C(CC(=O)Oc3ccc(OC(=O)CCCO[N+](=O)[O-])c(C(=O)Oc4ccc(-c5cc(=S)ss5)cc4)c3)c3cc(F)ccc32)cc1. The number of ether oxygens (including phenoxy) is 3. The van der Waals surface area contributed by atoms with Crippen molar-refractivity contribution < 1.29 is 42.9 Å². The van der Waals surface area contributed by atoms with Crippen LogP contribution in [0.25, 0.3) is 27.7 Å². The van der Waals surface area contributed by atoms with Crippen LogP contribution in [0.2, 0.25) is 0 Å². The number of esters is 3. The van der Waals surface area contributed by atoms with E-state index in [9.17, 15) is 28.9 Å². The highest BCUT2D eigenvalue weighted by Gasteiger charge is 2.27. The summed E-state index contributed by atoms with van der Waals surface area (Å²) in [5, 5.41) is 9.48. The molecule has 0 atom stereocenters. The van der Waals surface area contributed by atoms with Crippen molar-refractivity contribution in [1.82, 2.24) is 0 Å². The zero-order chi connectivity index (χ0) is 39.1. The van der Waals surface area contributed by atoms with E-state index >= 15 is 0 Å². The molecule has 10 nitrogen and oxygen atoms in total. The van der Waals surface area contributed by atoms with Crippen molar-refractivity contribution in [3.8, 4) is 27.7 Å². The van der Waals surface area contributed by atoms with Crippen molar-refractivity contribution >= 4 is 79.8 Å². The molecule has 0 amide bonds. The van der Waals surface area contributed by atoms with E-state index in [4.69, 9.17) is 26.4 Å². The van der Waals surface area contributed by atoms with Crippen LogP contribution in [-0.4, -0.2) is 35.9 Å². The molecule has 15 heteroatoms. The van der Waals surface area contributed by atoms with Crippen LogP contribution in [0, 0.1) is 19.8 Å². The molecule has 0 unspecified atom stereocenters. The number of carbonyl (C=O) groups is 3. The van der Waals surface area contributed by atoms with Gasteiger partial charge in [-0.25, -0.2) is 9.18 Å². The third-order valence-corrected chi connectivity index (χ3v) is 12.0. The zero-order valence-electron chi connectivity index (χ0n) is 29.2. The second-order valence-corrected chi connectivity index (χ2v) is 15.8. The maximum Gasteiger partial charge on any atom is 0.347 e. The van der Waals surface area contributed by atoms with E-state index in [1.807, 2.05) is 49.6 Å². The van der Waals surface area contributed by atoms with E-state index in [1.54, 1.807) is 42.1 Å². The molecular weight excluding hydrogens is 786 g/mol. The molecule has 1 heterocycles. The van der Waals surface area contributed by atoms with Crippen molar-refractivity contribution in [2.24, 2.45) is 0 Å². The van der Waals surface area contributed by atoms with Gasteiger partial charge in [-0.2, -0.15) is 0 Å². The van der Waals surface area contributed by atoms with E-state index in [-0.39, 0.29) is 48.7 Å². The maximum atomic E-state index is 14.5. The van der Waals surface area contributed by atoms with Gasteiger partial charge < -0.3 is 19.0 Å². The van der Waals surface area contributed by atoms with Crippen molar-refractivity contribution in [1.29, 1.82) is 0 Å². The van der Waals surface area contributed by atoms with Crippen molar-refractivity contribution in [2.45, 2.75) is 31.1 Å². The third kappa shape index (κ3) is 9.99. The first kappa shape index (κ1) is 39.2. The van der Waals surface area contributed by atoms with Gasteiger partial charge in [0, 0.05) is 16.2 Å². The largest absolute Gasteiger partial charge is 0.426 e. The van der Waals surface area contributed by atoms with Crippen LogP contribution in [-0.2, 0) is 14.4 Å². The lowest BCUT2D eigenvalue weighted by Crippen LogP contribution is -2.16. The number of fused-ring (bicyclic) bond motifs is 1. The summed E-state index contributed by atoms with van der Waals surface area (Å²) >= 11 is 6.86. The predicted molar refractivity (Wildman–Crippen MR) is 213 cm³/mol. The van der Waals surface area contributed by atoms with Crippen molar-refractivity contribution in [2.75, 3.05) is 12.9 Å². The Hall–Kier alpha value is -5.48. The first-order valence-electron chi connectivity index (χ1n) is 16.6. The zero-order valence-corrected chi connectivity index (χ0v) is 32.5. The highest BCUT2D eigenvalue weighted by atomic mass is 32.9. The Morgan fingerprint density at radius 2 is 1.62 bits per heavy atom. The van der Waals surface area contributed by atoms with Gasteiger partial charge in [0.05, 0.1) is 13.0 Å². The standard InChI is InChI=1S/C40H30FNO9S4/c1-23-31(18-24-5-13-29(53-2)14-6-24)30-15-9-26(41)19-33(30)32(23)21-38(44)49-28-12-16-35(51-37(43)4-3-17-48-42(46)47)34(20-28)40(45)50-27-10-7-25(8-11-27)36-22-39(52)55-54-36/h5-16,18-20,22H,3-4,17,21H2,1-2H3/b31-18-. The highest BCUT2D eigenvalue weighted by Crippen LogP contribution is 2.44. The fraction of sp³-hybridized carbons (Fsp3) is 0.150. The van der Waals surface area contributed by atoms with Crippen molar-refractivity contribution in [3.63, 3.8) is 0 Å². The molecule has 0 aliphatic heterocycles. The first-order valence-corrected chi connectivity index (χ1v) is 20.4. The number of allylic oxidation sites excluding steroid dienone is 2. The topological polar surface area (TPSA) is 131 Å². The summed E-state index contributed by atoms with van der Waals surface area (Å²) in [5.74, 6) is -2.85. The summed E-state index contributed by atoms with van der Waals surface area (Å²) in [4.78, 5) is 56.4. The monoisotopic (exact) mass is 815 g/mol. The molecule has 1 aromatic heterocycles. The third-order valence-electron chi connectivity index (χ3n) is 8.36. The molecule has 4 aromatic carbocycles. The Kier molecular flexibility index (Phi) is 12.7. The van der Waals surface area contributed by atoms with Gasteiger partial charge >= 0.3 is 17.9 Å². The van der Waals surface area contributed by atoms with Crippen LogP contribution in [0.5, 0.6) is 17.2 Å². The molecule has 55 heavy (non-hydrogen) atoms. The van der Waals surface area contributed by atoms with Gasteiger partial charge in [-0.1, -0.05) is 51.1 Å². The van der Waals surface area contributed by atoms with Crippen LogP contribution < -0.4 is 14.2 Å². The van der Waals surface area contributed by atoms with Gasteiger partial charge in [0.2, 0.25) is 0 Å². The minimum absolute atomic E-state index is 0.0108. The molecule has 1 aliphatic carbocycles. The Morgan fingerprint density at radius 3 is 2.31 bits per heavy atom. The number of benzene rings is 4. The maximum absolute atomic E-state index is 14.5. The van der Waals surface area contributed by atoms with E-state index < -0.39 is 28.8 Å². The smallest absolute Gasteiger partial charge is 0.347 e. The molecule has 280 valence electrons. The average molecular weight is 816 g/mol. The van der Waals surface area contributed by atoms with Crippen LogP contribution in [0.4, 0.5) is 4.39 Å². The van der Waals surface area contributed by atoms with E-state index in [2.05, 4.69) is 4.84 Å². The number of nitrogens with zero attached hydrogens (tertiary/aromatic N) is 1. The summed E-state index contributed by atoms with van der Waals surface area (Å²) < 4.78 is 32.0. The molecule has 0 saturated carbocycles. The Bertz CT molecular complexity index is 2400. The Labute approximate surface area is 331 Å². The number of carbonyl (C=O) groups excluding carboxylic acids is 3. The summed E-state index contributed by atoms with van der Waals surface area (Å²) in [7, 11) is 3.00. The first-order chi connectivity index (χ1) is 26.5. The molecular formula is C40H30FNO9S4. The van der Waals surface area contributed by atoms with E-state index in [0.717, 1.165) is 41.4 Å². The number of hydrogen-bond donors (Lipinski definition) is 0. The quantitative estimate of drug-likeness (QED) is 0.0155. The number of rotatable bonds is 14. The molecule has 6 rings (SSSR count). The van der Waals surface area contributed by atoms with E-state index in [1.165, 1.54) is 51.0 Å². The lowest BCUT2D eigenvalue weighted by atomic mass is 10.0. The van der Waals surface area contributed by atoms with Crippen LogP contribution >= 0.6 is 44.7 Å². The highest BCUT2D eigenvalue weighted by molar-refractivity contribution is 7.98. The number of thioether (sulfide) groups is 1. The Morgan fingerprint density at radius 1 is 0.873 bits per heavy atom. The predicted octanol–water partition coefficient (Wildman–Crippen LogP) is 10.5. The van der Waals surface area contributed by atoms with Gasteiger partial charge in [0.1, 0.15) is 32.5 Å². The van der Waals surface area contributed by atoms with Crippen LogP contribution in [0.1, 0.15) is 53.2 Å². The fourth-order valence-corrected chi connectivity index (χ4v) is 8.54. The molecule has 5 aromatic rings. The minimum atomic E-state index is -0.966. The molecule has 1 aliphatic rings. The van der Waals surface area contributed by atoms with Gasteiger partial charge in [0.15, 0.2) is 0 Å². The molecule has 0 fully saturated rings. The fourth-order valence-electron chi connectivity index (χ4n) is 5.73. The lowest BCUT2D eigenvalue weighted by Gasteiger charge is -2.13. The summed E-state index contributed by atoms with van der Waals surface area (Å²) in [6, 6.07) is 25.0. The molecule has 0 bridgehead atoms. The molecule has 0 N–H and O–H groups in total. The Balaban J connectivity index is 1.23. The second kappa shape index (κ2) is 17.8. The summed E-state index contributed by atoms with van der Waals surface area (Å²) in [6.07, 6.45) is 3.53. The second-order valence-electron chi connectivity index (χ2n) is 12.0. The molecule has 0 radical (unpaired) electrons. The minimum Gasteiger partial charge on any atom is -0.426 e. The summed E-state index contributed by atoms with van der Waals surface area (Å²) in [5.41, 5.74) is 5.20. The lowest BCUT2D eigenvalue weighted by molar-refractivity contribution is -0.757. The number of hydrogen-bond acceptors (Lipinski definition) is 13. The molecule has 0 saturated heterocycles. The molecule has 0 spiro atoms. The van der Waals surface area contributed by atoms with Crippen LogP contribution in [0.3, 0.4) is 0 Å². The van der Waals surface area contributed by atoms with Gasteiger partial charge in [-0.05, 0) is 137 Å². The van der Waals surface area contributed by atoms with Crippen LogP contribution in [0.15, 0.2) is 101 Å². The number of halogens is 1. The average Bonchev–Trinajstić information content (AvgIpc) is 3.71. The summed E-state index contributed by atoms with van der Waals surface area (Å²) in [6.45, 7) is 1.55. The van der Waals surface area contributed by atoms with Gasteiger partial charge in [-0.15, -0.1) is 21.9 Å². The van der Waals surface area contributed by atoms with Gasteiger partial charge in [-0.3, -0.25) is 9.59 Å². The van der Waals surface area contributed by atoms with Gasteiger partial charge in [0.25, 0.3) is 5.09 Å².